The van der Waals surface area contributed by atoms with Crippen molar-refractivity contribution in [3.63, 3.8) is 0 Å². The van der Waals surface area contributed by atoms with Crippen LogP contribution in [-0.2, 0) is 19.1 Å². The topological polar surface area (TPSA) is 52.6 Å². The Hall–Kier alpha value is -2.36. The van der Waals surface area contributed by atoms with Gasteiger partial charge in [0.25, 0.3) is 0 Å². The Morgan fingerprint density at radius 1 is 1.09 bits per heavy atom. The Kier molecular flexibility index (Phi) is 3.84. The van der Waals surface area contributed by atoms with Gasteiger partial charge in [-0.2, -0.15) is 0 Å². The minimum Gasteiger partial charge on any atom is -0.466 e. The zero-order valence-electron chi connectivity index (χ0n) is 12.5. The largest absolute Gasteiger partial charge is 0.466 e. The molecule has 3 rings (SSSR count). The summed E-state index contributed by atoms with van der Waals surface area (Å²) in [5.74, 6) is -1.01. The van der Waals surface area contributed by atoms with Crippen LogP contribution in [0.1, 0.15) is 25.7 Å². The molecule has 22 heavy (non-hydrogen) atoms. The van der Waals surface area contributed by atoms with Crippen LogP contribution in [0.25, 0.3) is 0 Å². The van der Waals surface area contributed by atoms with Crippen molar-refractivity contribution in [2.24, 2.45) is 0 Å². The van der Waals surface area contributed by atoms with Crippen molar-refractivity contribution in [2.75, 3.05) is 7.11 Å². The maximum absolute atomic E-state index is 12.2. The standard InChI is InChI=1S/C18H18O4/c1-21-17(20)15-12-16(19)22-18(15,13-8-4-2-5-9-13)14-10-6-3-7-11-14/h2-4,6,9,11-12H,5,7-8,10H2,1H3. The van der Waals surface area contributed by atoms with E-state index in [4.69, 9.17) is 9.47 Å². The maximum Gasteiger partial charge on any atom is 0.338 e. The molecule has 0 aromatic carbocycles. The summed E-state index contributed by atoms with van der Waals surface area (Å²) in [6.45, 7) is 0. The molecule has 0 fully saturated rings. The number of allylic oxidation sites excluding steroid dienone is 6. The van der Waals surface area contributed by atoms with Crippen LogP contribution in [-0.4, -0.2) is 24.6 Å². The van der Waals surface area contributed by atoms with E-state index in [9.17, 15) is 9.59 Å². The molecule has 0 aromatic heterocycles. The van der Waals surface area contributed by atoms with Crippen LogP contribution in [0, 0.1) is 0 Å². The number of esters is 2. The minimum absolute atomic E-state index is 0.281. The Morgan fingerprint density at radius 3 is 2.14 bits per heavy atom. The maximum atomic E-state index is 12.2. The number of carbonyl (C=O) groups excluding carboxylic acids is 2. The molecule has 0 unspecified atom stereocenters. The highest BCUT2D eigenvalue weighted by atomic mass is 16.6. The second kappa shape index (κ2) is 5.79. The van der Waals surface area contributed by atoms with Crippen LogP contribution < -0.4 is 0 Å². The third-order valence-electron chi connectivity index (χ3n) is 4.21. The van der Waals surface area contributed by atoms with E-state index in [1.54, 1.807) is 0 Å². The van der Waals surface area contributed by atoms with Crippen LogP contribution in [0.2, 0.25) is 0 Å². The van der Waals surface area contributed by atoms with Crippen molar-refractivity contribution in [3.05, 3.63) is 59.3 Å². The Balaban J connectivity index is 2.13. The molecular formula is C18H18O4. The lowest BCUT2D eigenvalue weighted by Gasteiger charge is -2.36. The molecular weight excluding hydrogens is 280 g/mol. The lowest BCUT2D eigenvalue weighted by Crippen LogP contribution is -2.40. The second-order valence-electron chi connectivity index (χ2n) is 5.43. The molecule has 0 saturated carbocycles. The van der Waals surface area contributed by atoms with Crippen molar-refractivity contribution in [2.45, 2.75) is 31.3 Å². The number of ether oxygens (including phenoxy) is 2. The van der Waals surface area contributed by atoms with E-state index in [1.165, 1.54) is 13.2 Å². The lowest BCUT2D eigenvalue weighted by atomic mass is 9.74. The quantitative estimate of drug-likeness (QED) is 0.594. The average molecular weight is 298 g/mol. The van der Waals surface area contributed by atoms with E-state index in [0.29, 0.717) is 12.8 Å². The van der Waals surface area contributed by atoms with Crippen LogP contribution in [0.5, 0.6) is 0 Å². The van der Waals surface area contributed by atoms with Gasteiger partial charge >= 0.3 is 11.9 Å². The molecule has 0 saturated heterocycles. The normalized spacial score (nSPS) is 22.6. The van der Waals surface area contributed by atoms with Crippen LogP contribution in [0.15, 0.2) is 59.3 Å². The number of methoxy groups -OCH3 is 1. The second-order valence-corrected chi connectivity index (χ2v) is 5.43. The summed E-state index contributed by atoms with van der Waals surface area (Å²) < 4.78 is 10.6. The molecule has 4 nitrogen and oxygen atoms in total. The summed E-state index contributed by atoms with van der Waals surface area (Å²) in [5.41, 5.74) is 1.04. The van der Waals surface area contributed by atoms with Gasteiger partial charge < -0.3 is 9.47 Å². The average Bonchev–Trinajstić information content (AvgIpc) is 2.94. The highest BCUT2D eigenvalue weighted by Crippen LogP contribution is 2.46. The van der Waals surface area contributed by atoms with Crippen molar-refractivity contribution < 1.29 is 19.1 Å². The molecule has 2 aliphatic carbocycles. The van der Waals surface area contributed by atoms with E-state index < -0.39 is 17.5 Å². The first-order chi connectivity index (χ1) is 10.7. The third kappa shape index (κ3) is 2.25. The van der Waals surface area contributed by atoms with Crippen molar-refractivity contribution >= 4 is 11.9 Å². The predicted molar refractivity (Wildman–Crippen MR) is 81.8 cm³/mol. The lowest BCUT2D eigenvalue weighted by molar-refractivity contribution is -0.143. The molecule has 1 heterocycles. The van der Waals surface area contributed by atoms with Crippen LogP contribution in [0.3, 0.4) is 0 Å². The summed E-state index contributed by atoms with van der Waals surface area (Å²) in [4.78, 5) is 24.2. The van der Waals surface area contributed by atoms with Gasteiger partial charge in [-0.25, -0.2) is 9.59 Å². The first-order valence-corrected chi connectivity index (χ1v) is 7.41. The third-order valence-corrected chi connectivity index (χ3v) is 4.21. The molecule has 0 atom stereocenters. The molecule has 114 valence electrons. The molecule has 0 bridgehead atoms. The summed E-state index contributed by atoms with van der Waals surface area (Å²) in [7, 11) is 1.32. The van der Waals surface area contributed by atoms with E-state index in [0.717, 1.165) is 24.0 Å². The van der Waals surface area contributed by atoms with Gasteiger partial charge in [0.1, 0.15) is 0 Å². The molecule has 1 aliphatic heterocycles. The van der Waals surface area contributed by atoms with Gasteiger partial charge in [0.15, 0.2) is 5.60 Å². The van der Waals surface area contributed by atoms with Crippen LogP contribution >= 0.6 is 0 Å². The van der Waals surface area contributed by atoms with Crippen molar-refractivity contribution in [3.8, 4) is 0 Å². The number of hydrogen-bond donors (Lipinski definition) is 0. The van der Waals surface area contributed by atoms with Gasteiger partial charge in [-0.15, -0.1) is 0 Å². The summed E-state index contributed by atoms with van der Waals surface area (Å²) in [6.07, 6.45) is 16.4. The molecule has 0 amide bonds. The SMILES string of the molecule is COC(=O)C1=CC(=O)OC1(C1=CCC=CC1)C1=CCC=CC1. The van der Waals surface area contributed by atoms with Gasteiger partial charge in [0, 0.05) is 6.08 Å². The smallest absolute Gasteiger partial charge is 0.338 e. The predicted octanol–water partition coefficient (Wildman–Crippen LogP) is 2.93. The van der Waals surface area contributed by atoms with Gasteiger partial charge in [0.2, 0.25) is 0 Å². The van der Waals surface area contributed by atoms with E-state index in [2.05, 4.69) is 12.2 Å². The number of hydrogen-bond acceptors (Lipinski definition) is 4. The molecule has 0 aromatic rings. The fourth-order valence-electron chi connectivity index (χ4n) is 3.23. The minimum atomic E-state index is -1.10. The Morgan fingerprint density at radius 2 is 1.68 bits per heavy atom. The molecule has 0 radical (unpaired) electrons. The van der Waals surface area contributed by atoms with Gasteiger partial charge in [-0.3, -0.25) is 0 Å². The summed E-state index contributed by atoms with van der Waals surface area (Å²) >= 11 is 0. The highest BCUT2D eigenvalue weighted by molar-refractivity contribution is 6.03. The Bertz CT molecular complexity index is 627. The highest BCUT2D eigenvalue weighted by Gasteiger charge is 2.52. The summed E-state index contributed by atoms with van der Waals surface area (Å²) in [5, 5.41) is 0. The first kappa shape index (κ1) is 14.6. The zero-order chi connectivity index (χ0) is 15.6. The van der Waals surface area contributed by atoms with Crippen LogP contribution in [0.4, 0.5) is 0 Å². The molecule has 0 N–H and O–H groups in total. The number of cyclic esters (lactones) is 1. The van der Waals surface area contributed by atoms with E-state index in [-0.39, 0.29) is 5.57 Å². The number of rotatable bonds is 3. The molecule has 4 heteroatoms. The van der Waals surface area contributed by atoms with E-state index >= 15 is 0 Å². The number of carbonyl (C=O) groups is 2. The first-order valence-electron chi connectivity index (χ1n) is 7.41. The van der Waals surface area contributed by atoms with Crippen molar-refractivity contribution in [1.82, 2.24) is 0 Å². The van der Waals surface area contributed by atoms with E-state index in [1.807, 2.05) is 24.3 Å². The Labute approximate surface area is 129 Å². The van der Waals surface area contributed by atoms with Gasteiger partial charge in [-0.1, -0.05) is 36.5 Å². The fourth-order valence-corrected chi connectivity index (χ4v) is 3.23. The monoisotopic (exact) mass is 298 g/mol. The van der Waals surface area contributed by atoms with Gasteiger partial charge in [0.05, 0.1) is 12.7 Å². The zero-order valence-corrected chi connectivity index (χ0v) is 12.5. The molecule has 0 spiro atoms. The molecule has 3 aliphatic rings. The fraction of sp³-hybridized carbons (Fsp3) is 0.333. The van der Waals surface area contributed by atoms with Crippen molar-refractivity contribution in [1.29, 1.82) is 0 Å². The summed E-state index contributed by atoms with van der Waals surface area (Å²) in [6, 6.07) is 0. The van der Waals surface area contributed by atoms with Gasteiger partial charge in [-0.05, 0) is 36.8 Å².